The van der Waals surface area contributed by atoms with Crippen LogP contribution in [0.1, 0.15) is 18.9 Å². The van der Waals surface area contributed by atoms with Crippen LogP contribution in [0.3, 0.4) is 0 Å². The van der Waals surface area contributed by atoms with E-state index in [-0.39, 0.29) is 39.3 Å². The molecule has 0 unspecified atom stereocenters. The molecule has 1 N–H and O–H groups in total. The van der Waals surface area contributed by atoms with E-state index in [0.29, 0.717) is 0 Å². The average molecular weight is 660 g/mol. The zero-order chi connectivity index (χ0) is 29.0. The van der Waals surface area contributed by atoms with Gasteiger partial charge in [0, 0.05) is 68.6 Å². The molecule has 0 atom stereocenters. The van der Waals surface area contributed by atoms with Crippen molar-refractivity contribution in [3.63, 3.8) is 0 Å². The van der Waals surface area contributed by atoms with Crippen molar-refractivity contribution in [2.24, 2.45) is 0 Å². The minimum Gasteiger partial charge on any atom is -0.497 e. The number of aromatic nitrogens is 1. The smallest absolute Gasteiger partial charge is 0.282 e. The van der Waals surface area contributed by atoms with E-state index in [0.717, 1.165) is 59.9 Å². The Hall–Kier alpha value is -2.42. The number of fused-ring (bicyclic) bond motifs is 2. The zero-order valence-corrected chi connectivity index (χ0v) is 29.1. The van der Waals surface area contributed by atoms with Crippen molar-refractivity contribution in [2.75, 3.05) is 70.8 Å². The largest absolute Gasteiger partial charge is 0.497 e. The van der Waals surface area contributed by atoms with Crippen molar-refractivity contribution in [3.8, 4) is 11.4 Å². The van der Waals surface area contributed by atoms with Gasteiger partial charge in [0.05, 0.1) is 58.2 Å². The van der Waals surface area contributed by atoms with E-state index in [1.165, 1.54) is 26.6 Å². The van der Waals surface area contributed by atoms with Crippen LogP contribution in [0.25, 0.3) is 22.7 Å². The molecule has 0 bridgehead atoms. The van der Waals surface area contributed by atoms with Crippen LogP contribution in [0.5, 0.6) is 5.75 Å². The van der Waals surface area contributed by atoms with Crippen molar-refractivity contribution >= 4 is 40.2 Å². The van der Waals surface area contributed by atoms with Crippen molar-refractivity contribution < 1.29 is 51.6 Å². The third-order valence-corrected chi connectivity index (χ3v) is 9.10. The first-order valence-electron chi connectivity index (χ1n) is 14.4. The van der Waals surface area contributed by atoms with Gasteiger partial charge in [-0.3, -0.25) is 4.90 Å². The van der Waals surface area contributed by atoms with Crippen LogP contribution < -0.4 is 19.1 Å². The number of methoxy groups -OCH3 is 1. The molecule has 0 amide bonds. The SMILES string of the molecule is CCN(CCC[N+](C)(C)CCO)c1cc(C=C2Sc3ccccc3N2C)c2ccc(OC)cc2[n+]1-c1ccccc1.[Y]. The second-order valence-electron chi connectivity index (χ2n) is 11.2. The second kappa shape index (κ2) is 14.4. The predicted octanol–water partition coefficient (Wildman–Crippen LogP) is 5.95. The quantitative estimate of drug-likeness (QED) is 0.159. The molecule has 0 fully saturated rings. The van der Waals surface area contributed by atoms with Gasteiger partial charge in [0.2, 0.25) is 0 Å². The molecule has 0 saturated carbocycles. The molecule has 0 aliphatic carbocycles. The average Bonchev–Trinajstić information content (AvgIpc) is 3.30. The fourth-order valence-electron chi connectivity index (χ4n) is 5.56. The number of nitrogens with zero attached hydrogens (tertiary/aromatic N) is 4. The number of rotatable bonds is 11. The van der Waals surface area contributed by atoms with Gasteiger partial charge in [-0.25, -0.2) is 0 Å². The number of para-hydroxylation sites is 2. The number of anilines is 2. The Morgan fingerprint density at radius 1 is 1.00 bits per heavy atom. The van der Waals surface area contributed by atoms with E-state index in [1.807, 2.05) is 11.8 Å². The van der Waals surface area contributed by atoms with Gasteiger partial charge in [-0.05, 0) is 55.0 Å². The predicted molar refractivity (Wildman–Crippen MR) is 172 cm³/mol. The fourth-order valence-corrected chi connectivity index (χ4v) is 6.66. The molecule has 0 saturated heterocycles. The summed E-state index contributed by atoms with van der Waals surface area (Å²) >= 11 is 1.82. The van der Waals surface area contributed by atoms with Gasteiger partial charge in [-0.1, -0.05) is 42.1 Å². The van der Waals surface area contributed by atoms with Crippen molar-refractivity contribution in [1.29, 1.82) is 0 Å². The first kappa shape index (κ1) is 32.5. The van der Waals surface area contributed by atoms with Crippen LogP contribution >= 0.6 is 11.8 Å². The number of pyridine rings is 1. The van der Waals surface area contributed by atoms with Gasteiger partial charge in [-0.2, -0.15) is 4.57 Å². The molecule has 1 radical (unpaired) electrons. The summed E-state index contributed by atoms with van der Waals surface area (Å²) in [5, 5.41) is 11.9. The van der Waals surface area contributed by atoms with Gasteiger partial charge >= 0.3 is 0 Å². The number of aliphatic hydroxyl groups excluding tert-OH is 1. The van der Waals surface area contributed by atoms with E-state index in [2.05, 4.69) is 127 Å². The van der Waals surface area contributed by atoms with E-state index in [4.69, 9.17) is 4.74 Å². The maximum Gasteiger partial charge on any atom is 0.282 e. The Morgan fingerprint density at radius 3 is 2.43 bits per heavy atom. The Kier molecular flexibility index (Phi) is 11.1. The van der Waals surface area contributed by atoms with E-state index < -0.39 is 0 Å². The summed E-state index contributed by atoms with van der Waals surface area (Å²) in [7, 11) is 8.26. The number of hydrogen-bond acceptors (Lipinski definition) is 5. The van der Waals surface area contributed by atoms with E-state index >= 15 is 0 Å². The number of likely N-dealkylation sites (N-methyl/N-ethyl adjacent to an activating group) is 1. The van der Waals surface area contributed by atoms with Crippen molar-refractivity contribution in [1.82, 2.24) is 0 Å². The normalized spacial score (nSPS) is 13.8. The summed E-state index contributed by atoms with van der Waals surface area (Å²) in [5.41, 5.74) is 4.65. The Balaban J connectivity index is 0.00000405. The van der Waals surface area contributed by atoms with Crippen LogP contribution in [0.4, 0.5) is 11.5 Å². The maximum atomic E-state index is 9.51. The van der Waals surface area contributed by atoms with Crippen LogP contribution in [-0.4, -0.2) is 70.6 Å². The molecule has 8 heteroatoms. The monoisotopic (exact) mass is 659 g/mol. The number of ether oxygens (including phenoxy) is 1. The topological polar surface area (TPSA) is 39.8 Å². The first-order chi connectivity index (χ1) is 19.8. The van der Waals surface area contributed by atoms with Gasteiger partial charge in [0.25, 0.3) is 5.82 Å². The molecule has 217 valence electrons. The molecule has 0 spiro atoms. The van der Waals surface area contributed by atoms with Crippen LogP contribution in [-0.2, 0) is 32.7 Å². The van der Waals surface area contributed by atoms with Gasteiger partial charge in [-0.15, -0.1) is 0 Å². The summed E-state index contributed by atoms with van der Waals surface area (Å²) in [6, 6.07) is 27.9. The third-order valence-electron chi connectivity index (χ3n) is 7.94. The number of quaternary nitrogens is 1. The van der Waals surface area contributed by atoms with Gasteiger partial charge in [0.15, 0.2) is 0 Å². The molecule has 1 aliphatic rings. The summed E-state index contributed by atoms with van der Waals surface area (Å²) in [6.07, 6.45) is 3.35. The summed E-state index contributed by atoms with van der Waals surface area (Å²) in [4.78, 5) is 6.04. The fraction of sp³-hybridized carbons (Fsp3) is 0.324. The minimum absolute atomic E-state index is 0. The van der Waals surface area contributed by atoms with E-state index in [9.17, 15) is 5.11 Å². The molecule has 1 aromatic heterocycles. The molecular weight excluding hydrogens is 617 g/mol. The number of benzene rings is 3. The molecule has 3 aromatic carbocycles. The number of thioether (sulfide) groups is 1. The second-order valence-corrected chi connectivity index (χ2v) is 12.2. The summed E-state index contributed by atoms with van der Waals surface area (Å²) < 4.78 is 8.90. The van der Waals surface area contributed by atoms with Crippen molar-refractivity contribution in [2.45, 2.75) is 18.2 Å². The number of aliphatic hydroxyl groups is 1. The number of hydrogen-bond donors (Lipinski definition) is 1. The van der Waals surface area contributed by atoms with Crippen LogP contribution in [0.15, 0.2) is 88.8 Å². The maximum absolute atomic E-state index is 9.51. The minimum atomic E-state index is 0. The van der Waals surface area contributed by atoms with Crippen molar-refractivity contribution in [3.05, 3.63) is 89.5 Å². The van der Waals surface area contributed by atoms with Crippen LogP contribution in [0.2, 0.25) is 0 Å². The zero-order valence-electron chi connectivity index (χ0n) is 25.5. The molecular formula is C34H42N4O2SY+2. The molecule has 42 heavy (non-hydrogen) atoms. The summed E-state index contributed by atoms with van der Waals surface area (Å²) in [6.45, 7) is 6.00. The van der Waals surface area contributed by atoms with Gasteiger partial charge < -0.3 is 19.2 Å². The third kappa shape index (κ3) is 7.03. The van der Waals surface area contributed by atoms with Gasteiger partial charge in [0.1, 0.15) is 23.5 Å². The molecule has 5 rings (SSSR count). The standard InChI is InChI=1S/C34H42N4O2S.Y/c1-6-36(19-12-20-38(3,4)21-22-39)33-23-26(24-34-35(2)30-15-10-11-16-32(30)41-34)29-18-17-28(40-5)25-31(29)37(33)27-13-8-7-9-14-27;/h7-11,13-18,23-25,39H,6,12,19-22H2,1-5H3;/q+2;. The molecule has 6 nitrogen and oxygen atoms in total. The Bertz CT molecular complexity index is 1540. The van der Waals surface area contributed by atoms with E-state index in [1.54, 1.807) is 7.11 Å². The Labute approximate surface area is 280 Å². The molecule has 2 heterocycles. The molecule has 4 aromatic rings. The first-order valence-corrected chi connectivity index (χ1v) is 15.2. The Morgan fingerprint density at radius 2 is 1.74 bits per heavy atom. The summed E-state index contributed by atoms with van der Waals surface area (Å²) in [5.74, 6) is 1.99. The van der Waals surface area contributed by atoms with Crippen LogP contribution in [0, 0.1) is 0 Å². The molecule has 1 aliphatic heterocycles.